The third kappa shape index (κ3) is 2.97. The second-order valence-electron chi connectivity index (χ2n) is 4.46. The van der Waals surface area contributed by atoms with Crippen molar-refractivity contribution in [2.24, 2.45) is 0 Å². The van der Waals surface area contributed by atoms with Crippen LogP contribution in [0.25, 0.3) is 0 Å². The summed E-state index contributed by atoms with van der Waals surface area (Å²) in [6, 6.07) is 8.21. The summed E-state index contributed by atoms with van der Waals surface area (Å²) in [6.45, 7) is 9.16. The van der Waals surface area contributed by atoms with Gasteiger partial charge in [-0.1, -0.05) is 19.1 Å². The zero-order valence-corrected chi connectivity index (χ0v) is 10.0. The number of nitrogens with two attached hydrogens (primary N) is 1. The fraction of sp³-hybridized carbons (Fsp3) is 0.538. The Morgan fingerprint density at radius 3 is 2.44 bits per heavy atom. The normalized spacial score (nSPS) is 18.8. The van der Waals surface area contributed by atoms with Crippen LogP contribution >= 0.6 is 0 Å². The van der Waals surface area contributed by atoms with Gasteiger partial charge in [0.05, 0.1) is 0 Å². The number of anilines is 1. The van der Waals surface area contributed by atoms with Gasteiger partial charge in [0.2, 0.25) is 0 Å². The maximum Gasteiger partial charge on any atom is 0.0317 e. The van der Waals surface area contributed by atoms with Crippen molar-refractivity contribution in [3.05, 3.63) is 29.8 Å². The molecule has 3 heteroatoms. The molecule has 0 aromatic heterocycles. The number of rotatable bonds is 3. The zero-order chi connectivity index (χ0) is 11.4. The third-order valence-corrected chi connectivity index (χ3v) is 3.27. The zero-order valence-electron chi connectivity index (χ0n) is 10.0. The van der Waals surface area contributed by atoms with Crippen molar-refractivity contribution in [3.8, 4) is 0 Å². The Labute approximate surface area is 97.8 Å². The van der Waals surface area contributed by atoms with Gasteiger partial charge in [-0.15, -0.1) is 0 Å². The van der Waals surface area contributed by atoms with E-state index in [-0.39, 0.29) is 0 Å². The number of likely N-dealkylation sites (N-methyl/N-ethyl adjacent to an activating group) is 1. The maximum absolute atomic E-state index is 5.78. The predicted octanol–water partition coefficient (Wildman–Crippen LogP) is 1.41. The van der Waals surface area contributed by atoms with Crippen LogP contribution in [0.5, 0.6) is 0 Å². The lowest BCUT2D eigenvalue weighted by Gasteiger charge is -2.34. The van der Waals surface area contributed by atoms with E-state index >= 15 is 0 Å². The molecule has 0 aliphatic carbocycles. The summed E-state index contributed by atoms with van der Waals surface area (Å²) in [5.74, 6) is 0. The molecule has 0 atom stereocenters. The van der Waals surface area contributed by atoms with Crippen LogP contribution in [0.3, 0.4) is 0 Å². The summed E-state index contributed by atoms with van der Waals surface area (Å²) in [5, 5.41) is 0. The minimum absolute atomic E-state index is 0.865. The van der Waals surface area contributed by atoms with Crippen molar-refractivity contribution < 1.29 is 0 Å². The first-order valence-electron chi connectivity index (χ1n) is 6.07. The molecular weight excluding hydrogens is 198 g/mol. The molecule has 1 fully saturated rings. The number of benzene rings is 1. The molecule has 0 unspecified atom stereocenters. The second-order valence-corrected chi connectivity index (χ2v) is 4.46. The highest BCUT2D eigenvalue weighted by atomic mass is 15.3. The number of hydrogen-bond donors (Lipinski definition) is 1. The summed E-state index contributed by atoms with van der Waals surface area (Å²) >= 11 is 0. The lowest BCUT2D eigenvalue weighted by atomic mass is 10.2. The Morgan fingerprint density at radius 1 is 1.12 bits per heavy atom. The molecule has 0 amide bonds. The molecule has 2 rings (SSSR count). The summed E-state index contributed by atoms with van der Waals surface area (Å²) in [4.78, 5) is 5.00. The molecule has 0 bridgehead atoms. The van der Waals surface area contributed by atoms with Crippen molar-refractivity contribution in [2.75, 3.05) is 38.5 Å². The number of nitrogen functional groups attached to an aromatic ring is 1. The van der Waals surface area contributed by atoms with Gasteiger partial charge in [0, 0.05) is 38.4 Å². The van der Waals surface area contributed by atoms with Crippen LogP contribution in [0.2, 0.25) is 0 Å². The molecule has 2 N–H and O–H groups in total. The molecule has 1 aliphatic heterocycles. The maximum atomic E-state index is 5.78. The molecule has 88 valence electrons. The quantitative estimate of drug-likeness (QED) is 0.780. The summed E-state index contributed by atoms with van der Waals surface area (Å²) in [7, 11) is 0. The topological polar surface area (TPSA) is 32.5 Å². The summed E-state index contributed by atoms with van der Waals surface area (Å²) in [6.07, 6.45) is 0. The fourth-order valence-electron chi connectivity index (χ4n) is 2.21. The minimum Gasteiger partial charge on any atom is -0.399 e. The molecule has 1 aliphatic rings. The van der Waals surface area contributed by atoms with E-state index in [9.17, 15) is 0 Å². The molecule has 0 saturated carbocycles. The van der Waals surface area contributed by atoms with Gasteiger partial charge in [0.25, 0.3) is 0 Å². The van der Waals surface area contributed by atoms with Gasteiger partial charge in [-0.05, 0) is 24.2 Å². The Bertz CT molecular complexity index is 330. The Balaban J connectivity index is 1.87. The second kappa shape index (κ2) is 5.32. The lowest BCUT2D eigenvalue weighted by molar-refractivity contribution is 0.132. The third-order valence-electron chi connectivity index (χ3n) is 3.27. The van der Waals surface area contributed by atoms with Gasteiger partial charge in [0.15, 0.2) is 0 Å². The van der Waals surface area contributed by atoms with Gasteiger partial charge in [-0.3, -0.25) is 4.90 Å². The van der Waals surface area contributed by atoms with E-state index in [0.29, 0.717) is 0 Å². The summed E-state index contributed by atoms with van der Waals surface area (Å²) in [5.41, 5.74) is 7.97. The molecule has 1 aromatic rings. The minimum atomic E-state index is 0.865. The van der Waals surface area contributed by atoms with E-state index in [2.05, 4.69) is 28.9 Å². The average Bonchev–Trinajstić information content (AvgIpc) is 2.30. The molecule has 16 heavy (non-hydrogen) atoms. The molecule has 1 saturated heterocycles. The Hall–Kier alpha value is -1.06. The van der Waals surface area contributed by atoms with E-state index < -0.39 is 0 Å². The highest BCUT2D eigenvalue weighted by Gasteiger charge is 2.15. The van der Waals surface area contributed by atoms with Gasteiger partial charge in [-0.25, -0.2) is 0 Å². The number of piperazine rings is 1. The van der Waals surface area contributed by atoms with Gasteiger partial charge in [-0.2, -0.15) is 0 Å². The Morgan fingerprint density at radius 2 is 1.81 bits per heavy atom. The van der Waals surface area contributed by atoms with Crippen LogP contribution in [0, 0.1) is 0 Å². The SMILES string of the molecule is CCN1CCN(Cc2cccc(N)c2)CC1. The van der Waals surface area contributed by atoms with Crippen LogP contribution < -0.4 is 5.73 Å². The van der Waals surface area contributed by atoms with Crippen molar-refractivity contribution >= 4 is 5.69 Å². The molecule has 1 aromatic carbocycles. The van der Waals surface area contributed by atoms with Gasteiger partial charge < -0.3 is 10.6 Å². The van der Waals surface area contributed by atoms with E-state index in [1.807, 2.05) is 12.1 Å². The van der Waals surface area contributed by atoms with E-state index in [1.165, 1.54) is 38.3 Å². The van der Waals surface area contributed by atoms with Crippen LogP contribution in [0.4, 0.5) is 5.69 Å². The van der Waals surface area contributed by atoms with Crippen molar-refractivity contribution in [1.29, 1.82) is 0 Å². The predicted molar refractivity (Wildman–Crippen MR) is 68.2 cm³/mol. The summed E-state index contributed by atoms with van der Waals surface area (Å²) < 4.78 is 0. The molecule has 0 spiro atoms. The van der Waals surface area contributed by atoms with Gasteiger partial charge in [0.1, 0.15) is 0 Å². The monoisotopic (exact) mass is 219 g/mol. The number of hydrogen-bond acceptors (Lipinski definition) is 3. The lowest BCUT2D eigenvalue weighted by Crippen LogP contribution is -2.45. The largest absolute Gasteiger partial charge is 0.399 e. The first kappa shape index (κ1) is 11.4. The van der Waals surface area contributed by atoms with E-state index in [4.69, 9.17) is 5.73 Å². The van der Waals surface area contributed by atoms with E-state index in [0.717, 1.165) is 12.2 Å². The number of nitrogens with zero attached hydrogens (tertiary/aromatic N) is 2. The van der Waals surface area contributed by atoms with Gasteiger partial charge >= 0.3 is 0 Å². The highest BCUT2D eigenvalue weighted by molar-refractivity contribution is 5.40. The molecule has 3 nitrogen and oxygen atoms in total. The Kier molecular flexibility index (Phi) is 3.80. The first-order valence-corrected chi connectivity index (χ1v) is 6.07. The fourth-order valence-corrected chi connectivity index (χ4v) is 2.21. The van der Waals surface area contributed by atoms with Crippen LogP contribution in [-0.2, 0) is 6.54 Å². The van der Waals surface area contributed by atoms with Crippen molar-refractivity contribution in [3.63, 3.8) is 0 Å². The van der Waals surface area contributed by atoms with Crippen molar-refractivity contribution in [2.45, 2.75) is 13.5 Å². The van der Waals surface area contributed by atoms with E-state index in [1.54, 1.807) is 0 Å². The van der Waals surface area contributed by atoms with Crippen LogP contribution in [-0.4, -0.2) is 42.5 Å². The molecule has 0 radical (unpaired) electrons. The molecule has 1 heterocycles. The average molecular weight is 219 g/mol. The standard InChI is InChI=1S/C13H21N3/c1-2-15-6-8-16(9-7-15)11-12-4-3-5-13(14)10-12/h3-5,10H,2,6-9,11,14H2,1H3. The smallest absolute Gasteiger partial charge is 0.0317 e. The van der Waals surface area contributed by atoms with Crippen molar-refractivity contribution in [1.82, 2.24) is 9.80 Å². The highest BCUT2D eigenvalue weighted by Crippen LogP contribution is 2.11. The molecular formula is C13H21N3. The first-order chi connectivity index (χ1) is 7.78. The van der Waals surface area contributed by atoms with Crippen LogP contribution in [0.1, 0.15) is 12.5 Å². The van der Waals surface area contributed by atoms with Crippen LogP contribution in [0.15, 0.2) is 24.3 Å².